The zero-order valence-electron chi connectivity index (χ0n) is 22.9. The molecule has 0 spiro atoms. The number of amides is 2. The van der Waals surface area contributed by atoms with Crippen LogP contribution in [0.3, 0.4) is 0 Å². The highest BCUT2D eigenvalue weighted by atomic mass is 32.2. The minimum absolute atomic E-state index is 0.110. The van der Waals surface area contributed by atoms with Gasteiger partial charge in [-0.2, -0.15) is 10.1 Å². The molecule has 2 unspecified atom stereocenters. The highest BCUT2D eigenvalue weighted by Crippen LogP contribution is 2.47. The number of nitrogens with zero attached hydrogens (tertiary/aromatic N) is 4. The molecule has 0 radical (unpaired) electrons. The van der Waals surface area contributed by atoms with Crippen molar-refractivity contribution in [3.05, 3.63) is 125 Å². The van der Waals surface area contributed by atoms with Crippen molar-refractivity contribution in [2.75, 3.05) is 11.6 Å². The standard InChI is InChI=1S/C32H27N5O4S/c1-3-41-31(40)26-27(21-13-7-4-8-14-21)36-24(25-20(2)35-37(30(25)39)23-17-11-6-12-18-23)19-42-32(36)34-28(26)33-29(38)22-15-9-5-10-16-22/h4-19,25,27H,3H2,1-2H3,(H,33,38). The highest BCUT2D eigenvalue weighted by molar-refractivity contribution is 8.16. The van der Waals surface area contributed by atoms with Crippen molar-refractivity contribution in [2.45, 2.75) is 19.9 Å². The number of carbonyl (C=O) groups excluding carboxylic acids is 3. The highest BCUT2D eigenvalue weighted by Gasteiger charge is 2.48. The molecule has 210 valence electrons. The summed E-state index contributed by atoms with van der Waals surface area (Å²) in [6.07, 6.45) is 0. The number of aliphatic imine (C=N–C) groups is 1. The Balaban J connectivity index is 1.44. The lowest BCUT2D eigenvalue weighted by Crippen LogP contribution is -2.43. The van der Waals surface area contributed by atoms with E-state index in [-0.39, 0.29) is 23.9 Å². The van der Waals surface area contributed by atoms with E-state index in [2.05, 4.69) is 10.4 Å². The number of esters is 1. The molecular weight excluding hydrogens is 550 g/mol. The molecule has 3 aromatic rings. The van der Waals surface area contributed by atoms with E-state index in [0.29, 0.717) is 27.8 Å². The Morgan fingerprint density at radius 1 is 0.952 bits per heavy atom. The summed E-state index contributed by atoms with van der Waals surface area (Å²) in [4.78, 5) is 47.4. The number of fused-ring (bicyclic) bond motifs is 1. The maximum absolute atomic E-state index is 13.8. The molecule has 2 amide bonds. The van der Waals surface area contributed by atoms with Crippen LogP contribution in [-0.2, 0) is 14.3 Å². The lowest BCUT2D eigenvalue weighted by molar-refractivity contribution is -0.139. The van der Waals surface area contributed by atoms with Gasteiger partial charge in [-0.05, 0) is 49.1 Å². The number of rotatable bonds is 7. The first-order valence-corrected chi connectivity index (χ1v) is 14.4. The molecule has 3 aromatic carbocycles. The SMILES string of the molecule is CCOC(=O)C1=C(NC(=O)c2ccccc2)N=C2SC=C(C3C(=O)N(c4ccccc4)N=C3C)N2C1c1ccccc1. The van der Waals surface area contributed by atoms with Gasteiger partial charge in [0, 0.05) is 11.3 Å². The van der Waals surface area contributed by atoms with Crippen molar-refractivity contribution in [1.82, 2.24) is 10.2 Å². The number of ether oxygens (including phenoxy) is 1. The molecule has 9 nitrogen and oxygen atoms in total. The third kappa shape index (κ3) is 4.90. The van der Waals surface area contributed by atoms with Crippen molar-refractivity contribution in [1.29, 1.82) is 0 Å². The second-order valence-electron chi connectivity index (χ2n) is 9.70. The molecule has 1 N–H and O–H groups in total. The van der Waals surface area contributed by atoms with Crippen LogP contribution >= 0.6 is 11.8 Å². The molecule has 42 heavy (non-hydrogen) atoms. The minimum Gasteiger partial charge on any atom is -0.462 e. The normalized spacial score (nSPS) is 19.7. The van der Waals surface area contributed by atoms with E-state index in [9.17, 15) is 14.4 Å². The third-order valence-electron chi connectivity index (χ3n) is 7.07. The van der Waals surface area contributed by atoms with Crippen molar-refractivity contribution in [3.8, 4) is 0 Å². The number of nitrogens with one attached hydrogen (secondary N) is 1. The third-order valence-corrected chi connectivity index (χ3v) is 7.93. The average Bonchev–Trinajstić information content (AvgIpc) is 3.56. The van der Waals surface area contributed by atoms with E-state index in [1.165, 1.54) is 16.8 Å². The fraction of sp³-hybridized carbons (Fsp3) is 0.156. The lowest BCUT2D eigenvalue weighted by Gasteiger charge is -2.37. The predicted octanol–water partition coefficient (Wildman–Crippen LogP) is 5.23. The van der Waals surface area contributed by atoms with Crippen LogP contribution in [0.4, 0.5) is 5.69 Å². The second kappa shape index (κ2) is 11.5. The molecule has 0 fully saturated rings. The summed E-state index contributed by atoms with van der Waals surface area (Å²) in [5.74, 6) is -1.80. The number of hydrogen-bond acceptors (Lipinski definition) is 8. The first-order chi connectivity index (χ1) is 20.5. The zero-order valence-corrected chi connectivity index (χ0v) is 23.7. The topological polar surface area (TPSA) is 104 Å². The second-order valence-corrected chi connectivity index (χ2v) is 10.5. The zero-order chi connectivity index (χ0) is 29.2. The van der Waals surface area contributed by atoms with E-state index in [1.54, 1.807) is 31.2 Å². The maximum Gasteiger partial charge on any atom is 0.340 e. The van der Waals surface area contributed by atoms with Gasteiger partial charge in [0.1, 0.15) is 17.3 Å². The summed E-state index contributed by atoms with van der Waals surface area (Å²) in [6, 6.07) is 26.7. The Bertz CT molecular complexity index is 1670. The average molecular weight is 578 g/mol. The number of benzene rings is 3. The molecule has 3 aliphatic heterocycles. The van der Waals surface area contributed by atoms with Gasteiger partial charge < -0.3 is 15.0 Å². The number of hydrazone groups is 1. The molecule has 0 saturated carbocycles. The number of amidine groups is 1. The summed E-state index contributed by atoms with van der Waals surface area (Å²) in [6.45, 7) is 3.68. The first kappa shape index (κ1) is 27.2. The molecule has 3 aliphatic rings. The molecular formula is C32H27N5O4S. The number of hydrogen-bond donors (Lipinski definition) is 1. The quantitative estimate of drug-likeness (QED) is 0.386. The number of thioether (sulfide) groups is 1. The smallest absolute Gasteiger partial charge is 0.340 e. The molecule has 0 aromatic heterocycles. The van der Waals surface area contributed by atoms with Crippen LogP contribution in [0.5, 0.6) is 0 Å². The van der Waals surface area contributed by atoms with Crippen LogP contribution in [0.15, 0.2) is 124 Å². The molecule has 2 atom stereocenters. The van der Waals surface area contributed by atoms with Gasteiger partial charge in [-0.1, -0.05) is 78.5 Å². The molecule has 6 rings (SSSR count). The minimum atomic E-state index is -0.726. The van der Waals surface area contributed by atoms with Crippen molar-refractivity contribution in [2.24, 2.45) is 16.0 Å². The molecule has 3 heterocycles. The van der Waals surface area contributed by atoms with Gasteiger partial charge in [0.25, 0.3) is 11.8 Å². The fourth-order valence-corrected chi connectivity index (χ4v) is 6.14. The summed E-state index contributed by atoms with van der Waals surface area (Å²) in [5.41, 5.74) is 3.30. The van der Waals surface area contributed by atoms with Crippen LogP contribution in [0.2, 0.25) is 0 Å². The Morgan fingerprint density at radius 3 is 2.26 bits per heavy atom. The van der Waals surface area contributed by atoms with Crippen molar-refractivity contribution >= 4 is 46.1 Å². The summed E-state index contributed by atoms with van der Waals surface area (Å²) >= 11 is 1.33. The Labute approximate surface area is 247 Å². The molecule has 0 aliphatic carbocycles. The van der Waals surface area contributed by atoms with Gasteiger partial charge in [0.05, 0.1) is 24.0 Å². The van der Waals surface area contributed by atoms with Crippen molar-refractivity contribution < 1.29 is 19.1 Å². The van der Waals surface area contributed by atoms with Crippen LogP contribution in [0, 0.1) is 5.92 Å². The van der Waals surface area contributed by atoms with Crippen LogP contribution in [-0.4, -0.2) is 40.2 Å². The van der Waals surface area contributed by atoms with E-state index >= 15 is 0 Å². The van der Waals surface area contributed by atoms with Crippen molar-refractivity contribution in [3.63, 3.8) is 0 Å². The number of para-hydroxylation sites is 1. The summed E-state index contributed by atoms with van der Waals surface area (Å²) in [5, 5.41) is 11.3. The van der Waals surface area contributed by atoms with Gasteiger partial charge in [0.15, 0.2) is 5.17 Å². The van der Waals surface area contributed by atoms with E-state index in [1.807, 2.05) is 84.0 Å². The molecule has 0 bridgehead atoms. The van der Waals surface area contributed by atoms with Crippen LogP contribution < -0.4 is 10.3 Å². The van der Waals surface area contributed by atoms with E-state index in [0.717, 1.165) is 5.56 Å². The fourth-order valence-electron chi connectivity index (χ4n) is 5.19. The Kier molecular flexibility index (Phi) is 7.45. The molecule has 0 saturated heterocycles. The Hall–Kier alpha value is -4.96. The lowest BCUT2D eigenvalue weighted by atomic mass is 9.92. The Morgan fingerprint density at radius 2 is 1.60 bits per heavy atom. The number of anilines is 1. The van der Waals surface area contributed by atoms with Crippen LogP contribution in [0.25, 0.3) is 0 Å². The van der Waals surface area contributed by atoms with E-state index in [4.69, 9.17) is 9.73 Å². The van der Waals surface area contributed by atoms with Gasteiger partial charge in [-0.15, -0.1) is 0 Å². The summed E-state index contributed by atoms with van der Waals surface area (Å²) in [7, 11) is 0. The van der Waals surface area contributed by atoms with Gasteiger partial charge in [-0.3, -0.25) is 9.59 Å². The first-order valence-electron chi connectivity index (χ1n) is 13.5. The maximum atomic E-state index is 13.8. The van der Waals surface area contributed by atoms with Gasteiger partial charge in [-0.25, -0.2) is 9.79 Å². The summed E-state index contributed by atoms with van der Waals surface area (Å²) < 4.78 is 5.51. The monoisotopic (exact) mass is 577 g/mol. The van der Waals surface area contributed by atoms with Gasteiger partial charge >= 0.3 is 5.97 Å². The largest absolute Gasteiger partial charge is 0.462 e. The number of carbonyl (C=O) groups is 3. The van der Waals surface area contributed by atoms with E-state index < -0.39 is 23.8 Å². The predicted molar refractivity (Wildman–Crippen MR) is 162 cm³/mol. The molecule has 10 heteroatoms. The van der Waals surface area contributed by atoms with Gasteiger partial charge in [0.2, 0.25) is 0 Å². The van der Waals surface area contributed by atoms with Crippen LogP contribution in [0.1, 0.15) is 35.8 Å².